The van der Waals surface area contributed by atoms with Crippen molar-refractivity contribution >= 4 is 12.0 Å². The van der Waals surface area contributed by atoms with Crippen LogP contribution in [0.3, 0.4) is 0 Å². The van der Waals surface area contributed by atoms with E-state index in [-0.39, 0.29) is 0 Å². The van der Waals surface area contributed by atoms with E-state index < -0.39 is 0 Å². The minimum absolute atomic E-state index is 0.643. The van der Waals surface area contributed by atoms with Gasteiger partial charge < -0.3 is 4.90 Å². The Hall–Kier alpha value is -1.75. The monoisotopic (exact) mass is 187 g/mol. The van der Waals surface area contributed by atoms with Crippen LogP contribution in [0, 0.1) is 11.8 Å². The maximum absolute atomic E-state index is 10.7. The van der Waals surface area contributed by atoms with E-state index in [1.165, 1.54) is 0 Å². The van der Waals surface area contributed by atoms with Crippen LogP contribution in [0.1, 0.15) is 22.8 Å². The second-order valence-corrected chi connectivity index (χ2v) is 3.16. The van der Waals surface area contributed by atoms with Crippen LogP contribution in [-0.2, 0) is 0 Å². The average molecular weight is 187 g/mol. The van der Waals surface area contributed by atoms with Gasteiger partial charge in [0.1, 0.15) is 0 Å². The zero-order valence-electron chi connectivity index (χ0n) is 8.66. The predicted octanol–water partition coefficient (Wildman–Crippen LogP) is 1.94. The molecule has 0 saturated carbocycles. The molecule has 0 unspecified atom stereocenters. The lowest BCUT2D eigenvalue weighted by molar-refractivity contribution is 0.112. The van der Waals surface area contributed by atoms with Gasteiger partial charge in [-0.1, -0.05) is 5.92 Å². The molecule has 0 aliphatic rings. The molecule has 0 heterocycles. The molecule has 0 aliphatic carbocycles. The third kappa shape index (κ3) is 2.14. The summed E-state index contributed by atoms with van der Waals surface area (Å²) in [5.41, 5.74) is 2.48. The Bertz CT molecular complexity index is 397. The normalized spacial score (nSPS) is 8.79. The molecule has 0 saturated heterocycles. The summed E-state index contributed by atoms with van der Waals surface area (Å²) >= 11 is 0. The van der Waals surface area contributed by atoms with Gasteiger partial charge in [-0.3, -0.25) is 4.79 Å². The molecule has 1 aromatic carbocycles. The predicted molar refractivity (Wildman–Crippen MR) is 58.7 cm³/mol. The number of benzene rings is 1. The van der Waals surface area contributed by atoms with Gasteiger partial charge in [-0.25, -0.2) is 0 Å². The fraction of sp³-hybridized carbons (Fsp3) is 0.250. The van der Waals surface area contributed by atoms with Gasteiger partial charge in [0.2, 0.25) is 0 Å². The van der Waals surface area contributed by atoms with Gasteiger partial charge in [0, 0.05) is 30.9 Å². The molecule has 0 aliphatic heterocycles. The summed E-state index contributed by atoms with van der Waals surface area (Å²) in [4.78, 5) is 12.7. The molecule has 72 valence electrons. The Balaban J connectivity index is 3.25. The van der Waals surface area contributed by atoms with Crippen LogP contribution in [0.15, 0.2) is 18.2 Å². The van der Waals surface area contributed by atoms with E-state index in [0.29, 0.717) is 5.56 Å². The number of aldehydes is 1. The number of hydrogen-bond donors (Lipinski definition) is 0. The van der Waals surface area contributed by atoms with E-state index >= 15 is 0 Å². The molecule has 1 rings (SSSR count). The quantitative estimate of drug-likeness (QED) is 0.521. The number of hydrogen-bond acceptors (Lipinski definition) is 2. The summed E-state index contributed by atoms with van der Waals surface area (Å²) in [7, 11) is 3.91. The minimum Gasteiger partial charge on any atom is -0.378 e. The molecule has 0 bridgehead atoms. The topological polar surface area (TPSA) is 20.3 Å². The molecule has 0 spiro atoms. The minimum atomic E-state index is 0.643. The summed E-state index contributed by atoms with van der Waals surface area (Å²) in [5, 5.41) is 0. The average Bonchev–Trinajstić information content (AvgIpc) is 2.18. The smallest absolute Gasteiger partial charge is 0.151 e. The first-order valence-electron chi connectivity index (χ1n) is 4.38. The van der Waals surface area contributed by atoms with E-state index in [1.54, 1.807) is 13.0 Å². The Morgan fingerprint density at radius 1 is 1.36 bits per heavy atom. The van der Waals surface area contributed by atoms with Crippen molar-refractivity contribution in [3.63, 3.8) is 0 Å². The largest absolute Gasteiger partial charge is 0.378 e. The van der Waals surface area contributed by atoms with Crippen molar-refractivity contribution in [3.8, 4) is 11.8 Å². The molecular weight excluding hydrogens is 174 g/mol. The van der Waals surface area contributed by atoms with Gasteiger partial charge in [0.15, 0.2) is 6.29 Å². The highest BCUT2D eigenvalue weighted by Gasteiger charge is 2.01. The summed E-state index contributed by atoms with van der Waals surface area (Å²) in [6.07, 6.45) is 0.832. The molecule has 2 heteroatoms. The zero-order valence-corrected chi connectivity index (χ0v) is 8.66. The third-order valence-electron chi connectivity index (χ3n) is 1.94. The van der Waals surface area contributed by atoms with Crippen molar-refractivity contribution in [1.82, 2.24) is 0 Å². The summed E-state index contributed by atoms with van der Waals surface area (Å²) in [5.74, 6) is 5.71. The standard InChI is InChI=1S/C12H13NO/c1-4-5-10-8-12(13(2)3)7-6-11(10)9-14/h6-9H,1-3H3. The summed E-state index contributed by atoms with van der Waals surface area (Å²) in [6.45, 7) is 1.76. The maximum Gasteiger partial charge on any atom is 0.151 e. The second-order valence-electron chi connectivity index (χ2n) is 3.16. The molecule has 0 fully saturated rings. The lowest BCUT2D eigenvalue weighted by Crippen LogP contribution is -2.09. The second kappa shape index (κ2) is 4.48. The molecule has 2 nitrogen and oxygen atoms in total. The Kier molecular flexibility index (Phi) is 3.30. The van der Waals surface area contributed by atoms with Gasteiger partial charge in [0.05, 0.1) is 0 Å². The van der Waals surface area contributed by atoms with Crippen molar-refractivity contribution in [2.24, 2.45) is 0 Å². The first-order valence-corrected chi connectivity index (χ1v) is 4.38. The number of rotatable bonds is 2. The van der Waals surface area contributed by atoms with E-state index in [0.717, 1.165) is 17.5 Å². The van der Waals surface area contributed by atoms with Gasteiger partial charge in [0.25, 0.3) is 0 Å². The molecule has 0 radical (unpaired) electrons. The fourth-order valence-electron chi connectivity index (χ4n) is 1.17. The number of carbonyl (C=O) groups excluding carboxylic acids is 1. The molecule has 14 heavy (non-hydrogen) atoms. The SMILES string of the molecule is CC#Cc1cc(N(C)C)ccc1C=O. The zero-order chi connectivity index (χ0) is 10.6. The lowest BCUT2D eigenvalue weighted by Gasteiger charge is -2.12. The van der Waals surface area contributed by atoms with Crippen LogP contribution in [0.25, 0.3) is 0 Å². The van der Waals surface area contributed by atoms with E-state index in [1.807, 2.05) is 31.1 Å². The molecule has 1 aromatic rings. The van der Waals surface area contributed by atoms with Crippen LogP contribution in [-0.4, -0.2) is 20.4 Å². The highest BCUT2D eigenvalue weighted by molar-refractivity contribution is 5.80. The lowest BCUT2D eigenvalue weighted by atomic mass is 10.1. The first kappa shape index (κ1) is 10.3. The highest BCUT2D eigenvalue weighted by atomic mass is 16.1. The van der Waals surface area contributed by atoms with Gasteiger partial charge in [-0.15, -0.1) is 5.92 Å². The Labute approximate surface area is 84.5 Å². The molecule has 0 atom stereocenters. The van der Waals surface area contributed by atoms with Crippen LogP contribution in [0.5, 0.6) is 0 Å². The highest BCUT2D eigenvalue weighted by Crippen LogP contribution is 2.16. The van der Waals surface area contributed by atoms with E-state index in [9.17, 15) is 4.79 Å². The van der Waals surface area contributed by atoms with Crippen LogP contribution in [0.4, 0.5) is 5.69 Å². The van der Waals surface area contributed by atoms with Crippen LogP contribution < -0.4 is 4.90 Å². The Morgan fingerprint density at radius 3 is 2.57 bits per heavy atom. The molecular formula is C12H13NO. The van der Waals surface area contributed by atoms with Crippen molar-refractivity contribution in [1.29, 1.82) is 0 Å². The van der Waals surface area contributed by atoms with Crippen molar-refractivity contribution in [2.75, 3.05) is 19.0 Å². The van der Waals surface area contributed by atoms with Gasteiger partial charge in [-0.05, 0) is 25.1 Å². The molecule has 0 aromatic heterocycles. The van der Waals surface area contributed by atoms with Crippen molar-refractivity contribution in [2.45, 2.75) is 6.92 Å². The van der Waals surface area contributed by atoms with Crippen LogP contribution >= 0.6 is 0 Å². The fourth-order valence-corrected chi connectivity index (χ4v) is 1.17. The maximum atomic E-state index is 10.7. The molecule has 0 N–H and O–H groups in total. The van der Waals surface area contributed by atoms with Gasteiger partial charge >= 0.3 is 0 Å². The van der Waals surface area contributed by atoms with E-state index in [4.69, 9.17) is 0 Å². The van der Waals surface area contributed by atoms with Gasteiger partial charge in [-0.2, -0.15) is 0 Å². The summed E-state index contributed by atoms with van der Waals surface area (Å²) in [6, 6.07) is 5.62. The number of nitrogens with zero attached hydrogens (tertiary/aromatic N) is 1. The van der Waals surface area contributed by atoms with Crippen LogP contribution in [0.2, 0.25) is 0 Å². The number of carbonyl (C=O) groups is 1. The molecule has 0 amide bonds. The first-order chi connectivity index (χ1) is 6.69. The van der Waals surface area contributed by atoms with Crippen molar-refractivity contribution in [3.05, 3.63) is 29.3 Å². The van der Waals surface area contributed by atoms with E-state index in [2.05, 4.69) is 11.8 Å². The number of anilines is 1. The third-order valence-corrected chi connectivity index (χ3v) is 1.94. The van der Waals surface area contributed by atoms with Crippen molar-refractivity contribution < 1.29 is 4.79 Å². The Morgan fingerprint density at radius 2 is 2.07 bits per heavy atom. The summed E-state index contributed by atoms with van der Waals surface area (Å²) < 4.78 is 0.